The van der Waals surface area contributed by atoms with Crippen molar-refractivity contribution in [3.8, 4) is 0 Å². The van der Waals surface area contributed by atoms with E-state index in [2.05, 4.69) is 0 Å². The Hall–Kier alpha value is -1.94. The number of hydrogen-bond donors (Lipinski definition) is 1. The van der Waals surface area contributed by atoms with Crippen molar-refractivity contribution in [3.05, 3.63) is 71.6 Å². The number of benzene rings is 2. The summed E-state index contributed by atoms with van der Waals surface area (Å²) in [4.78, 5) is 11.3. The second-order valence-corrected chi connectivity index (χ2v) is 4.97. The molecule has 0 heterocycles. The third-order valence-electron chi connectivity index (χ3n) is 2.11. The molecule has 19 heavy (non-hydrogen) atoms. The summed E-state index contributed by atoms with van der Waals surface area (Å²) in [5.74, 6) is -1.84. The van der Waals surface area contributed by atoms with E-state index >= 15 is 0 Å². The van der Waals surface area contributed by atoms with E-state index in [0.29, 0.717) is 0 Å². The third-order valence-corrected chi connectivity index (χ3v) is 3.68. The molecule has 0 aliphatic rings. The molecule has 2 N–H and O–H groups in total. The lowest BCUT2D eigenvalue weighted by Gasteiger charge is -2.16. The summed E-state index contributed by atoms with van der Waals surface area (Å²) in [6.45, 7) is 0. The molecule has 3 nitrogen and oxygen atoms in total. The van der Waals surface area contributed by atoms with Gasteiger partial charge in [-0.25, -0.2) is 0 Å². The summed E-state index contributed by atoms with van der Waals surface area (Å²) in [7, 11) is -2.39. The molecule has 0 aliphatic carbocycles. The Bertz CT molecular complexity index is 931. The average Bonchev–Trinajstić information content (AvgIpc) is 2.66. The van der Waals surface area contributed by atoms with Gasteiger partial charge in [0.15, 0.2) is 0 Å². The lowest BCUT2D eigenvalue weighted by atomic mass is 10.0. The second kappa shape index (κ2) is 6.29. The maximum absolute atomic E-state index is 12.9. The lowest BCUT2D eigenvalue weighted by molar-refractivity contribution is -0.115. The van der Waals surface area contributed by atoms with Crippen LogP contribution in [0.5, 0.6) is 0 Å². The van der Waals surface area contributed by atoms with Crippen molar-refractivity contribution < 1.29 is 22.7 Å². The molecule has 0 unspecified atom stereocenters. The van der Waals surface area contributed by atoms with E-state index in [1.54, 1.807) is 0 Å². The number of carbonyl (C=O) groups excluding carboxylic acids is 1. The Balaban J connectivity index is 3.01. The molecule has 2 rings (SSSR count). The zero-order valence-electron chi connectivity index (χ0n) is 19.6. The largest absolute Gasteiger partial charge is 0.369 e. The van der Waals surface area contributed by atoms with Crippen molar-refractivity contribution in [2.45, 2.75) is 5.25 Å². The summed E-state index contributed by atoms with van der Waals surface area (Å²) in [5, 5.41) is -1.77. The van der Waals surface area contributed by atoms with E-state index in [9.17, 15) is 9.00 Å². The summed E-state index contributed by atoms with van der Waals surface area (Å²) in [6, 6.07) is -7.49. The van der Waals surface area contributed by atoms with Gasteiger partial charge in [-0.15, -0.1) is 0 Å². The Morgan fingerprint density at radius 3 is 1.84 bits per heavy atom. The van der Waals surface area contributed by atoms with E-state index < -0.39 is 99.3 Å². The Morgan fingerprint density at radius 1 is 1.05 bits per heavy atom. The van der Waals surface area contributed by atoms with Crippen LogP contribution in [-0.2, 0) is 15.6 Å². The van der Waals surface area contributed by atoms with E-state index in [1.807, 2.05) is 0 Å². The fourth-order valence-corrected chi connectivity index (χ4v) is 2.62. The highest BCUT2D eigenvalue weighted by Crippen LogP contribution is 2.27. The molecule has 2 aromatic rings. The van der Waals surface area contributed by atoms with Crippen LogP contribution < -0.4 is 5.73 Å². The topological polar surface area (TPSA) is 60.2 Å². The number of carbonyl (C=O) groups is 1. The molecule has 2 aromatic carbocycles. The zero-order chi connectivity index (χ0) is 22.4. The van der Waals surface area contributed by atoms with E-state index in [4.69, 9.17) is 19.4 Å². The van der Waals surface area contributed by atoms with E-state index in [-0.39, 0.29) is 0 Å². The van der Waals surface area contributed by atoms with Crippen LogP contribution in [0.3, 0.4) is 0 Å². The normalized spacial score (nSPS) is 19.6. The molecule has 0 radical (unpaired) electrons. The average molecular weight is 283 g/mol. The number of hydrogen-bond acceptors (Lipinski definition) is 2. The van der Waals surface area contributed by atoms with Gasteiger partial charge in [-0.1, -0.05) is 60.4 Å². The first-order valence-corrected chi connectivity index (χ1v) is 6.50. The molecule has 0 bridgehead atoms. The van der Waals surface area contributed by atoms with Crippen LogP contribution in [0.25, 0.3) is 0 Å². The Kier molecular flexibility index (Phi) is 1.85. The molecule has 0 saturated heterocycles. The summed E-state index contributed by atoms with van der Waals surface area (Å²) < 4.78 is 91.9. The highest BCUT2D eigenvalue weighted by molar-refractivity contribution is 7.86. The lowest BCUT2D eigenvalue weighted by Crippen LogP contribution is -2.23. The van der Waals surface area contributed by atoms with Crippen molar-refractivity contribution >= 4 is 16.7 Å². The van der Waals surface area contributed by atoms with Crippen molar-refractivity contribution in [3.63, 3.8) is 0 Å². The first-order chi connectivity index (χ1) is 13.3. The predicted molar refractivity (Wildman–Crippen MR) is 76.9 cm³/mol. The summed E-state index contributed by atoms with van der Waals surface area (Å²) in [6.07, 6.45) is 0. The zero-order valence-corrected chi connectivity index (χ0v) is 10.4. The SMILES string of the molecule is [2H]c1c([2H])c([2H])c(C(c2c([2H])c([2H])c([2H])c([2H])c2[2H])[S@](=O)CC(N)=O)c([2H])c1[2H]. The van der Waals surface area contributed by atoms with Crippen molar-refractivity contribution in [1.29, 1.82) is 0 Å². The first-order valence-electron chi connectivity index (χ1n) is 10.1. The van der Waals surface area contributed by atoms with Crippen LogP contribution in [0, 0.1) is 0 Å². The fourth-order valence-electron chi connectivity index (χ4n) is 1.41. The summed E-state index contributed by atoms with van der Waals surface area (Å²) in [5.41, 5.74) is 3.99. The number of rotatable bonds is 5. The molecule has 1 atom stereocenters. The third kappa shape index (κ3) is 3.51. The van der Waals surface area contributed by atoms with Gasteiger partial charge in [0.1, 0.15) is 5.75 Å². The van der Waals surface area contributed by atoms with Gasteiger partial charge in [-0.05, 0) is 11.1 Å². The Morgan fingerprint density at radius 2 is 1.47 bits per heavy atom. The fraction of sp³-hybridized carbons (Fsp3) is 0.133. The van der Waals surface area contributed by atoms with Crippen molar-refractivity contribution in [2.75, 3.05) is 5.75 Å². The van der Waals surface area contributed by atoms with Crippen LogP contribution in [0.15, 0.2) is 60.4 Å². The first kappa shape index (κ1) is 5.59. The van der Waals surface area contributed by atoms with Crippen LogP contribution in [0.1, 0.15) is 30.1 Å². The van der Waals surface area contributed by atoms with Crippen LogP contribution >= 0.6 is 0 Å². The van der Waals surface area contributed by atoms with Gasteiger partial charge in [-0.2, -0.15) is 0 Å². The molecule has 0 saturated carbocycles. The van der Waals surface area contributed by atoms with Gasteiger partial charge in [0.05, 0.1) is 19.0 Å². The highest BCUT2D eigenvalue weighted by Gasteiger charge is 2.22. The molecule has 0 aliphatic heterocycles. The monoisotopic (exact) mass is 283 g/mol. The molecule has 0 fully saturated rings. The summed E-state index contributed by atoms with van der Waals surface area (Å²) >= 11 is 0. The van der Waals surface area contributed by atoms with Crippen molar-refractivity contribution in [2.24, 2.45) is 5.73 Å². The van der Waals surface area contributed by atoms with Gasteiger partial charge in [-0.3, -0.25) is 9.00 Å². The predicted octanol–water partition coefficient (Wildman–Crippen LogP) is 2.01. The number of primary amides is 1. The number of amides is 1. The maximum atomic E-state index is 12.9. The second-order valence-electron chi connectivity index (χ2n) is 3.45. The minimum atomic E-state index is -2.39. The number of nitrogens with two attached hydrogens (primary N) is 1. The van der Waals surface area contributed by atoms with E-state index in [1.165, 1.54) is 0 Å². The molecule has 1 amide bonds. The van der Waals surface area contributed by atoms with Crippen molar-refractivity contribution in [1.82, 2.24) is 0 Å². The van der Waals surface area contributed by atoms with Gasteiger partial charge >= 0.3 is 0 Å². The van der Waals surface area contributed by atoms with Gasteiger partial charge in [0.25, 0.3) is 0 Å². The quantitative estimate of drug-likeness (QED) is 0.912. The maximum Gasteiger partial charge on any atom is 0.230 e. The molecular weight excluding hydrogens is 258 g/mol. The molecule has 98 valence electrons. The minimum Gasteiger partial charge on any atom is -0.369 e. The Labute approximate surface area is 129 Å². The van der Waals surface area contributed by atoms with Crippen LogP contribution in [-0.4, -0.2) is 15.9 Å². The van der Waals surface area contributed by atoms with Crippen LogP contribution in [0.2, 0.25) is 0 Å². The van der Waals surface area contributed by atoms with E-state index in [0.717, 1.165) is 0 Å². The molecule has 0 spiro atoms. The molecule has 0 aromatic heterocycles. The van der Waals surface area contributed by atoms with Gasteiger partial charge in [0.2, 0.25) is 5.91 Å². The minimum absolute atomic E-state index is 0.547. The highest BCUT2D eigenvalue weighted by atomic mass is 32.2. The van der Waals surface area contributed by atoms with Crippen LogP contribution in [0.4, 0.5) is 0 Å². The molecule has 4 heteroatoms. The van der Waals surface area contributed by atoms with Gasteiger partial charge in [0, 0.05) is 10.8 Å². The standard InChI is InChI=1S/C15H15NO2S/c16-14(17)11-19(18)15(12-7-3-1-4-8-12)13-9-5-2-6-10-13/h1-10,15H,11H2,(H2,16,17)/t19-/m1/s1/i1D,2D,3D,4D,5D,6D,7D,8D,9D,10D. The smallest absolute Gasteiger partial charge is 0.230 e. The van der Waals surface area contributed by atoms with Gasteiger partial charge < -0.3 is 5.73 Å². The molecular formula is C15H15NO2S.